The van der Waals surface area contributed by atoms with Gasteiger partial charge in [-0.15, -0.1) is 0 Å². The predicted octanol–water partition coefficient (Wildman–Crippen LogP) is 5.10. The molecule has 5 nitrogen and oxygen atoms in total. The Morgan fingerprint density at radius 1 is 1.21 bits per heavy atom. The number of rotatable bonds is 7. The van der Waals surface area contributed by atoms with Crippen molar-refractivity contribution < 1.29 is 13.9 Å². The minimum atomic E-state index is -0.696. The van der Waals surface area contributed by atoms with Gasteiger partial charge in [-0.2, -0.15) is 5.26 Å². The van der Waals surface area contributed by atoms with Gasteiger partial charge in [0.05, 0.1) is 17.6 Å². The van der Waals surface area contributed by atoms with E-state index in [0.717, 1.165) is 37.6 Å². The zero-order chi connectivity index (χ0) is 20.6. The van der Waals surface area contributed by atoms with Crippen LogP contribution in [-0.4, -0.2) is 15.9 Å². The van der Waals surface area contributed by atoms with Gasteiger partial charge in [0, 0.05) is 18.3 Å². The molecule has 0 aliphatic heterocycles. The lowest BCUT2D eigenvalue weighted by Gasteiger charge is -2.26. The van der Waals surface area contributed by atoms with Crippen LogP contribution < -0.4 is 4.74 Å². The van der Waals surface area contributed by atoms with Crippen molar-refractivity contribution in [1.29, 1.82) is 5.26 Å². The minimum absolute atomic E-state index is 0.127. The average Bonchev–Trinajstić information content (AvgIpc) is 2.76. The van der Waals surface area contributed by atoms with Gasteiger partial charge >= 0.3 is 5.97 Å². The minimum Gasteiger partial charge on any atom is -0.423 e. The summed E-state index contributed by atoms with van der Waals surface area (Å²) < 4.78 is 19.2. The van der Waals surface area contributed by atoms with Crippen molar-refractivity contribution in [3.63, 3.8) is 0 Å². The average molecular weight is 395 g/mol. The van der Waals surface area contributed by atoms with Crippen LogP contribution in [0.15, 0.2) is 30.6 Å². The second kappa shape index (κ2) is 10.1. The van der Waals surface area contributed by atoms with Crippen LogP contribution in [0.2, 0.25) is 0 Å². The molecular formula is C23H26FN3O2. The van der Waals surface area contributed by atoms with Crippen LogP contribution in [0.4, 0.5) is 4.39 Å². The first kappa shape index (κ1) is 20.9. The monoisotopic (exact) mass is 395 g/mol. The lowest BCUT2D eigenvalue weighted by atomic mass is 9.81. The Morgan fingerprint density at radius 3 is 2.55 bits per heavy atom. The molecule has 0 N–H and O–H groups in total. The molecule has 1 aromatic carbocycles. The standard InChI is InChI=1S/C23H26FN3O2/c1-2-3-4-5-17-14-26-22(27-15-17)18-7-9-19(10-8-18)23(28)29-21-11-6-16(13-25)12-20(21)24/h6,11-12,14-15,18-19H,2-5,7-10H2,1H3. The highest BCUT2D eigenvalue weighted by Gasteiger charge is 2.30. The van der Waals surface area contributed by atoms with E-state index in [1.165, 1.54) is 30.5 Å². The Balaban J connectivity index is 1.51. The van der Waals surface area contributed by atoms with E-state index in [4.69, 9.17) is 10.00 Å². The number of nitriles is 1. The Bertz CT molecular complexity index is 869. The van der Waals surface area contributed by atoms with Gasteiger partial charge < -0.3 is 4.74 Å². The van der Waals surface area contributed by atoms with Gasteiger partial charge in [-0.05, 0) is 62.3 Å². The highest BCUT2D eigenvalue weighted by molar-refractivity contribution is 5.75. The molecule has 1 aliphatic rings. The lowest BCUT2D eigenvalue weighted by Crippen LogP contribution is -2.26. The van der Waals surface area contributed by atoms with E-state index in [1.54, 1.807) is 0 Å². The molecule has 0 amide bonds. The van der Waals surface area contributed by atoms with Crippen LogP contribution in [0.5, 0.6) is 5.75 Å². The molecule has 1 fully saturated rings. The number of benzene rings is 1. The van der Waals surface area contributed by atoms with E-state index >= 15 is 0 Å². The van der Waals surface area contributed by atoms with Crippen molar-refractivity contribution >= 4 is 5.97 Å². The van der Waals surface area contributed by atoms with E-state index in [9.17, 15) is 9.18 Å². The van der Waals surface area contributed by atoms with Gasteiger partial charge in [-0.3, -0.25) is 4.79 Å². The Morgan fingerprint density at radius 2 is 1.93 bits per heavy atom. The number of hydrogen-bond donors (Lipinski definition) is 0. The van der Waals surface area contributed by atoms with E-state index in [1.807, 2.05) is 18.5 Å². The van der Waals surface area contributed by atoms with Crippen molar-refractivity contribution in [1.82, 2.24) is 9.97 Å². The van der Waals surface area contributed by atoms with Gasteiger partial charge in [0.2, 0.25) is 0 Å². The smallest absolute Gasteiger partial charge is 0.314 e. The Labute approximate surface area is 170 Å². The van der Waals surface area contributed by atoms with Crippen LogP contribution >= 0.6 is 0 Å². The van der Waals surface area contributed by atoms with Crippen LogP contribution in [-0.2, 0) is 11.2 Å². The maximum Gasteiger partial charge on any atom is 0.314 e. The SMILES string of the molecule is CCCCCc1cnc(C2CCC(C(=O)Oc3ccc(C#N)cc3F)CC2)nc1. The summed E-state index contributed by atoms with van der Waals surface area (Å²) in [5.74, 6) is -0.407. The van der Waals surface area contributed by atoms with Gasteiger partial charge in [-0.25, -0.2) is 14.4 Å². The number of unbranched alkanes of at least 4 members (excludes halogenated alkanes) is 2. The summed E-state index contributed by atoms with van der Waals surface area (Å²) in [5.41, 5.74) is 1.36. The first-order chi connectivity index (χ1) is 14.1. The summed E-state index contributed by atoms with van der Waals surface area (Å²) in [6.07, 6.45) is 11.4. The molecule has 0 bridgehead atoms. The largest absolute Gasteiger partial charge is 0.423 e. The fourth-order valence-electron chi connectivity index (χ4n) is 3.72. The topological polar surface area (TPSA) is 75.9 Å². The Hall–Kier alpha value is -2.81. The summed E-state index contributed by atoms with van der Waals surface area (Å²) in [6.45, 7) is 2.19. The zero-order valence-electron chi connectivity index (χ0n) is 16.7. The van der Waals surface area contributed by atoms with Crippen molar-refractivity contribution in [2.45, 2.75) is 64.2 Å². The quantitative estimate of drug-likeness (QED) is 0.370. The van der Waals surface area contributed by atoms with Crippen LogP contribution in [0, 0.1) is 23.1 Å². The molecule has 1 aromatic heterocycles. The second-order valence-corrected chi connectivity index (χ2v) is 7.63. The highest BCUT2D eigenvalue weighted by atomic mass is 19.1. The molecule has 29 heavy (non-hydrogen) atoms. The van der Waals surface area contributed by atoms with Gasteiger partial charge in [-0.1, -0.05) is 19.8 Å². The molecular weight excluding hydrogens is 369 g/mol. The van der Waals surface area contributed by atoms with E-state index in [-0.39, 0.29) is 23.1 Å². The van der Waals surface area contributed by atoms with E-state index in [2.05, 4.69) is 16.9 Å². The summed E-state index contributed by atoms with van der Waals surface area (Å²) in [7, 11) is 0. The van der Waals surface area contributed by atoms with Gasteiger partial charge in [0.25, 0.3) is 0 Å². The van der Waals surface area contributed by atoms with Crippen molar-refractivity contribution in [3.05, 3.63) is 53.4 Å². The third-order valence-electron chi connectivity index (χ3n) is 5.49. The van der Waals surface area contributed by atoms with E-state index in [0.29, 0.717) is 12.8 Å². The molecule has 0 atom stereocenters. The van der Waals surface area contributed by atoms with Crippen LogP contribution in [0.25, 0.3) is 0 Å². The number of carbonyl (C=O) groups is 1. The van der Waals surface area contributed by atoms with Crippen molar-refractivity contribution in [2.75, 3.05) is 0 Å². The maximum absolute atomic E-state index is 13.9. The first-order valence-electron chi connectivity index (χ1n) is 10.3. The molecule has 1 saturated carbocycles. The molecule has 0 radical (unpaired) electrons. The molecule has 1 aliphatic carbocycles. The Kier molecular flexibility index (Phi) is 7.29. The second-order valence-electron chi connectivity index (χ2n) is 7.63. The van der Waals surface area contributed by atoms with Gasteiger partial charge in [0.15, 0.2) is 11.6 Å². The summed E-state index contributed by atoms with van der Waals surface area (Å²) in [5, 5.41) is 8.79. The maximum atomic E-state index is 13.9. The number of ether oxygens (including phenoxy) is 1. The number of halogens is 1. The van der Waals surface area contributed by atoms with Crippen molar-refractivity contribution in [2.24, 2.45) is 5.92 Å². The third-order valence-corrected chi connectivity index (χ3v) is 5.49. The zero-order valence-corrected chi connectivity index (χ0v) is 16.7. The van der Waals surface area contributed by atoms with Crippen molar-refractivity contribution in [3.8, 4) is 11.8 Å². The molecule has 152 valence electrons. The number of aromatic nitrogens is 2. The van der Waals surface area contributed by atoms with Crippen LogP contribution in [0.3, 0.4) is 0 Å². The normalized spacial score (nSPS) is 18.8. The molecule has 0 spiro atoms. The fraction of sp³-hybridized carbons (Fsp3) is 0.478. The molecule has 6 heteroatoms. The summed E-state index contributed by atoms with van der Waals surface area (Å²) >= 11 is 0. The van der Waals surface area contributed by atoms with Gasteiger partial charge in [0.1, 0.15) is 5.82 Å². The molecule has 0 saturated heterocycles. The number of aryl methyl sites for hydroxylation is 1. The number of esters is 1. The summed E-state index contributed by atoms with van der Waals surface area (Å²) in [6, 6.07) is 5.69. The highest BCUT2D eigenvalue weighted by Crippen LogP contribution is 2.35. The molecule has 0 unspecified atom stereocenters. The third kappa shape index (κ3) is 5.60. The number of nitrogens with zero attached hydrogens (tertiary/aromatic N) is 3. The molecule has 1 heterocycles. The number of hydrogen-bond acceptors (Lipinski definition) is 5. The van der Waals surface area contributed by atoms with Crippen LogP contribution in [0.1, 0.15) is 74.7 Å². The van der Waals surface area contributed by atoms with E-state index < -0.39 is 11.8 Å². The number of carbonyl (C=O) groups excluding carboxylic acids is 1. The summed E-state index contributed by atoms with van der Waals surface area (Å²) in [4.78, 5) is 21.5. The fourth-order valence-corrected chi connectivity index (χ4v) is 3.72. The molecule has 3 rings (SSSR count). The lowest BCUT2D eigenvalue weighted by molar-refractivity contribution is -0.140. The first-order valence-corrected chi connectivity index (χ1v) is 10.3. The molecule has 2 aromatic rings. The predicted molar refractivity (Wildman–Crippen MR) is 107 cm³/mol.